The standard InChI is InChI=1S/C11H16N4O2/c1-7-13-4-9(10(12)14-7)6-15-3-2-8(5-15)11(16)17/h4,8H,2-3,5-6H2,1H3,(H,16,17)(H2,12,13,14). The second-order valence-electron chi connectivity index (χ2n) is 4.39. The average Bonchev–Trinajstić information content (AvgIpc) is 2.71. The predicted octanol–water partition coefficient (Wildman–Crippen LogP) is 0.274. The number of nitrogens with two attached hydrogens (primary N) is 1. The summed E-state index contributed by atoms with van der Waals surface area (Å²) >= 11 is 0. The molecular formula is C11H16N4O2. The number of hydrogen-bond donors (Lipinski definition) is 2. The Labute approximate surface area is 99.5 Å². The largest absolute Gasteiger partial charge is 0.481 e. The van der Waals surface area contributed by atoms with Crippen LogP contribution in [0.2, 0.25) is 0 Å². The predicted molar refractivity (Wildman–Crippen MR) is 62.2 cm³/mol. The molecule has 0 aliphatic carbocycles. The highest BCUT2D eigenvalue weighted by Gasteiger charge is 2.28. The Morgan fingerprint density at radius 2 is 2.47 bits per heavy atom. The summed E-state index contributed by atoms with van der Waals surface area (Å²) in [7, 11) is 0. The van der Waals surface area contributed by atoms with Crippen molar-refractivity contribution in [3.63, 3.8) is 0 Å². The van der Waals surface area contributed by atoms with Crippen molar-refractivity contribution in [3.05, 3.63) is 17.6 Å². The molecule has 1 aliphatic rings. The number of nitrogen functional groups attached to an aromatic ring is 1. The van der Waals surface area contributed by atoms with Gasteiger partial charge >= 0.3 is 5.97 Å². The van der Waals surface area contributed by atoms with E-state index >= 15 is 0 Å². The van der Waals surface area contributed by atoms with Gasteiger partial charge in [0, 0.05) is 24.8 Å². The molecule has 3 N–H and O–H groups in total. The van der Waals surface area contributed by atoms with Gasteiger partial charge in [0.15, 0.2) is 0 Å². The molecule has 1 atom stereocenters. The summed E-state index contributed by atoms with van der Waals surface area (Å²) in [5.74, 6) is 0.149. The molecule has 1 aromatic rings. The number of hydrogen-bond acceptors (Lipinski definition) is 5. The van der Waals surface area contributed by atoms with E-state index in [-0.39, 0.29) is 5.92 Å². The lowest BCUT2D eigenvalue weighted by atomic mass is 10.1. The number of carboxylic acid groups (broad SMARTS) is 1. The number of carboxylic acids is 1. The summed E-state index contributed by atoms with van der Waals surface area (Å²) < 4.78 is 0. The van der Waals surface area contributed by atoms with Gasteiger partial charge in [-0.1, -0.05) is 0 Å². The highest BCUT2D eigenvalue weighted by Crippen LogP contribution is 2.20. The first kappa shape index (κ1) is 11.8. The zero-order chi connectivity index (χ0) is 12.4. The summed E-state index contributed by atoms with van der Waals surface area (Å²) in [5.41, 5.74) is 6.66. The third kappa shape index (κ3) is 2.71. The quantitative estimate of drug-likeness (QED) is 0.782. The van der Waals surface area contributed by atoms with E-state index in [1.807, 2.05) is 0 Å². The van der Waals surface area contributed by atoms with E-state index in [4.69, 9.17) is 10.8 Å². The molecule has 1 aliphatic heterocycles. The van der Waals surface area contributed by atoms with Gasteiger partial charge in [-0.2, -0.15) is 0 Å². The van der Waals surface area contributed by atoms with Gasteiger partial charge in [-0.15, -0.1) is 0 Å². The van der Waals surface area contributed by atoms with Crippen molar-refractivity contribution in [1.29, 1.82) is 0 Å². The summed E-state index contributed by atoms with van der Waals surface area (Å²) in [6.07, 6.45) is 2.41. The zero-order valence-electron chi connectivity index (χ0n) is 9.76. The Balaban J connectivity index is 2.00. The lowest BCUT2D eigenvalue weighted by molar-refractivity contribution is -0.141. The maximum absolute atomic E-state index is 10.8. The van der Waals surface area contributed by atoms with Gasteiger partial charge in [0.2, 0.25) is 0 Å². The van der Waals surface area contributed by atoms with Crippen LogP contribution in [0.25, 0.3) is 0 Å². The van der Waals surface area contributed by atoms with Crippen molar-refractivity contribution in [3.8, 4) is 0 Å². The SMILES string of the molecule is Cc1ncc(CN2CCC(C(=O)O)C2)c(N)n1. The Hall–Kier alpha value is -1.69. The Bertz CT molecular complexity index is 435. The van der Waals surface area contributed by atoms with Crippen LogP contribution in [0, 0.1) is 12.8 Å². The smallest absolute Gasteiger partial charge is 0.307 e. The van der Waals surface area contributed by atoms with Crippen molar-refractivity contribution in [2.24, 2.45) is 5.92 Å². The summed E-state index contributed by atoms with van der Waals surface area (Å²) in [4.78, 5) is 21.1. The highest BCUT2D eigenvalue weighted by molar-refractivity contribution is 5.70. The molecular weight excluding hydrogens is 220 g/mol. The number of nitrogens with zero attached hydrogens (tertiary/aromatic N) is 3. The summed E-state index contributed by atoms with van der Waals surface area (Å²) in [6, 6.07) is 0. The molecule has 0 radical (unpaired) electrons. The maximum atomic E-state index is 10.8. The van der Waals surface area contributed by atoms with E-state index in [0.29, 0.717) is 31.2 Å². The van der Waals surface area contributed by atoms with Crippen LogP contribution in [0.15, 0.2) is 6.20 Å². The monoisotopic (exact) mass is 236 g/mol. The Morgan fingerprint density at radius 1 is 1.71 bits per heavy atom. The van der Waals surface area contributed by atoms with Gasteiger partial charge in [0.05, 0.1) is 5.92 Å². The van der Waals surface area contributed by atoms with Crippen LogP contribution in [-0.2, 0) is 11.3 Å². The van der Waals surface area contributed by atoms with Crippen LogP contribution in [0.4, 0.5) is 5.82 Å². The molecule has 0 bridgehead atoms. The molecule has 6 heteroatoms. The van der Waals surface area contributed by atoms with Gasteiger partial charge < -0.3 is 10.8 Å². The van der Waals surface area contributed by atoms with Crippen molar-refractivity contribution in [2.75, 3.05) is 18.8 Å². The number of likely N-dealkylation sites (tertiary alicyclic amines) is 1. The zero-order valence-corrected chi connectivity index (χ0v) is 9.76. The fourth-order valence-electron chi connectivity index (χ4n) is 2.05. The number of rotatable bonds is 3. The summed E-state index contributed by atoms with van der Waals surface area (Å²) in [6.45, 7) is 3.76. The molecule has 2 heterocycles. The van der Waals surface area contributed by atoms with E-state index in [2.05, 4.69) is 14.9 Å². The molecule has 0 saturated carbocycles. The first-order valence-corrected chi connectivity index (χ1v) is 5.59. The number of aliphatic carboxylic acids is 1. The van der Waals surface area contributed by atoms with E-state index in [9.17, 15) is 4.79 Å². The van der Waals surface area contributed by atoms with Gasteiger partial charge in [-0.05, 0) is 19.9 Å². The van der Waals surface area contributed by atoms with Crippen LogP contribution in [0.1, 0.15) is 17.8 Å². The molecule has 1 fully saturated rings. The third-order valence-electron chi connectivity index (χ3n) is 3.03. The lowest BCUT2D eigenvalue weighted by Crippen LogP contribution is -2.23. The third-order valence-corrected chi connectivity index (χ3v) is 3.03. The number of aromatic nitrogens is 2. The topological polar surface area (TPSA) is 92.3 Å². The van der Waals surface area contributed by atoms with E-state index in [0.717, 1.165) is 12.1 Å². The molecule has 17 heavy (non-hydrogen) atoms. The van der Waals surface area contributed by atoms with E-state index in [1.165, 1.54) is 0 Å². The second-order valence-corrected chi connectivity index (χ2v) is 4.39. The minimum Gasteiger partial charge on any atom is -0.481 e. The minimum absolute atomic E-state index is 0.261. The van der Waals surface area contributed by atoms with Crippen molar-refractivity contribution >= 4 is 11.8 Å². The van der Waals surface area contributed by atoms with Crippen molar-refractivity contribution in [2.45, 2.75) is 19.9 Å². The highest BCUT2D eigenvalue weighted by atomic mass is 16.4. The van der Waals surface area contributed by atoms with Crippen LogP contribution >= 0.6 is 0 Å². The molecule has 1 aromatic heterocycles. The molecule has 0 amide bonds. The van der Waals surface area contributed by atoms with Crippen LogP contribution in [0.3, 0.4) is 0 Å². The van der Waals surface area contributed by atoms with Gasteiger partial charge in [-0.25, -0.2) is 9.97 Å². The molecule has 6 nitrogen and oxygen atoms in total. The normalized spacial score (nSPS) is 20.6. The van der Waals surface area contributed by atoms with Gasteiger partial charge in [0.25, 0.3) is 0 Å². The van der Waals surface area contributed by atoms with Crippen molar-refractivity contribution in [1.82, 2.24) is 14.9 Å². The number of carbonyl (C=O) groups is 1. The number of aryl methyl sites for hydroxylation is 1. The molecule has 0 spiro atoms. The average molecular weight is 236 g/mol. The van der Waals surface area contributed by atoms with Crippen LogP contribution in [0.5, 0.6) is 0 Å². The summed E-state index contributed by atoms with van der Waals surface area (Å²) in [5, 5.41) is 8.91. The minimum atomic E-state index is -0.722. The molecule has 1 saturated heterocycles. The van der Waals surface area contributed by atoms with Gasteiger partial charge in [0.1, 0.15) is 11.6 Å². The van der Waals surface area contributed by atoms with Gasteiger partial charge in [-0.3, -0.25) is 9.69 Å². The van der Waals surface area contributed by atoms with E-state index in [1.54, 1.807) is 13.1 Å². The maximum Gasteiger partial charge on any atom is 0.307 e. The fraction of sp³-hybridized carbons (Fsp3) is 0.545. The Morgan fingerprint density at radius 3 is 3.06 bits per heavy atom. The molecule has 2 rings (SSSR count). The number of anilines is 1. The van der Waals surface area contributed by atoms with Crippen LogP contribution in [-0.4, -0.2) is 39.0 Å². The fourth-order valence-corrected chi connectivity index (χ4v) is 2.05. The first-order valence-electron chi connectivity index (χ1n) is 5.59. The second kappa shape index (κ2) is 4.67. The van der Waals surface area contributed by atoms with Crippen LogP contribution < -0.4 is 5.73 Å². The van der Waals surface area contributed by atoms with Crippen molar-refractivity contribution < 1.29 is 9.90 Å². The molecule has 92 valence electrons. The lowest BCUT2D eigenvalue weighted by Gasteiger charge is -2.15. The Kier molecular flexibility index (Phi) is 3.23. The first-order chi connectivity index (χ1) is 8.06. The van der Waals surface area contributed by atoms with E-state index < -0.39 is 5.97 Å². The molecule has 0 aromatic carbocycles. The molecule has 1 unspecified atom stereocenters.